The second kappa shape index (κ2) is 7.46. The highest BCUT2D eigenvalue weighted by Crippen LogP contribution is 2.24. The van der Waals surface area contributed by atoms with Gasteiger partial charge in [-0.3, -0.25) is 9.59 Å². The van der Waals surface area contributed by atoms with Gasteiger partial charge in [0, 0.05) is 38.3 Å². The van der Waals surface area contributed by atoms with Crippen LogP contribution >= 0.6 is 0 Å². The lowest BCUT2D eigenvalue weighted by Gasteiger charge is -2.35. The number of hydrogen-bond donors (Lipinski definition) is 2. The topological polar surface area (TPSA) is 72.9 Å². The molecule has 0 spiro atoms. The van der Waals surface area contributed by atoms with Crippen LogP contribution in [-0.2, 0) is 4.79 Å². The van der Waals surface area contributed by atoms with Gasteiger partial charge in [-0.25, -0.2) is 0 Å². The zero-order valence-electron chi connectivity index (χ0n) is 14.0. The van der Waals surface area contributed by atoms with Crippen molar-refractivity contribution in [1.29, 1.82) is 0 Å². The molecule has 0 radical (unpaired) electrons. The van der Waals surface area contributed by atoms with Gasteiger partial charge in [-0.1, -0.05) is 6.42 Å². The van der Waals surface area contributed by atoms with Gasteiger partial charge in [-0.15, -0.1) is 0 Å². The van der Waals surface area contributed by atoms with Crippen LogP contribution in [0.2, 0.25) is 0 Å². The molecular formula is C17H25N3O3. The monoisotopic (exact) mass is 319 g/mol. The van der Waals surface area contributed by atoms with Crippen LogP contribution in [-0.4, -0.2) is 59.9 Å². The number of nitrogens with one attached hydrogen (secondary N) is 1. The Labute approximate surface area is 137 Å². The number of amides is 2. The molecule has 2 N–H and O–H groups in total. The maximum Gasteiger partial charge on any atom is 0.257 e. The number of nitrogens with zero attached hydrogens (tertiary/aromatic N) is 2. The quantitative estimate of drug-likeness (QED) is 0.889. The normalized spacial score (nSPS) is 18.5. The zero-order chi connectivity index (χ0) is 17.0. The molecule has 6 nitrogen and oxygen atoms in total. The molecule has 23 heavy (non-hydrogen) atoms. The molecule has 6 heteroatoms. The summed E-state index contributed by atoms with van der Waals surface area (Å²) in [6.07, 6.45) is 3.48. The first-order valence-electron chi connectivity index (χ1n) is 7.95. The predicted molar refractivity (Wildman–Crippen MR) is 89.6 cm³/mol. The summed E-state index contributed by atoms with van der Waals surface area (Å²) in [6, 6.07) is 4.92. The van der Waals surface area contributed by atoms with Gasteiger partial charge in [0.15, 0.2) is 0 Å². The van der Waals surface area contributed by atoms with Gasteiger partial charge < -0.3 is 20.2 Å². The Kier molecular flexibility index (Phi) is 5.60. The Bertz CT molecular complexity index is 588. The maximum atomic E-state index is 12.5. The zero-order valence-corrected chi connectivity index (χ0v) is 14.0. The summed E-state index contributed by atoms with van der Waals surface area (Å²) in [5, 5.41) is 12.7. The fourth-order valence-corrected chi connectivity index (χ4v) is 2.97. The van der Waals surface area contributed by atoms with Crippen molar-refractivity contribution in [1.82, 2.24) is 9.80 Å². The van der Waals surface area contributed by atoms with E-state index >= 15 is 0 Å². The van der Waals surface area contributed by atoms with Gasteiger partial charge in [0.25, 0.3) is 5.91 Å². The van der Waals surface area contributed by atoms with E-state index < -0.39 is 0 Å². The van der Waals surface area contributed by atoms with Crippen molar-refractivity contribution in [2.24, 2.45) is 0 Å². The first kappa shape index (κ1) is 17.3. The predicted octanol–water partition coefficient (Wildman–Crippen LogP) is 1.91. The highest BCUT2D eigenvalue weighted by molar-refractivity contribution is 5.98. The van der Waals surface area contributed by atoms with Crippen LogP contribution in [0, 0.1) is 0 Å². The van der Waals surface area contributed by atoms with E-state index in [-0.39, 0.29) is 23.1 Å². The summed E-state index contributed by atoms with van der Waals surface area (Å²) in [5.41, 5.74) is 0.723. The molecule has 0 unspecified atom stereocenters. The number of likely N-dealkylation sites (tertiary alicyclic amines) is 1. The highest BCUT2D eigenvalue weighted by atomic mass is 16.3. The van der Waals surface area contributed by atoms with E-state index in [0.29, 0.717) is 18.3 Å². The third-order valence-corrected chi connectivity index (χ3v) is 4.30. The number of anilines is 1. The fraction of sp³-hybridized carbons (Fsp3) is 0.529. The minimum absolute atomic E-state index is 0.120. The standard InChI is InChI=1S/C17H25N3O3/c1-12(21)18-13-7-8-15(16(22)10-13)17(23)20(3)11-14-6-4-5-9-19(14)2/h7-8,10,14,22H,4-6,9,11H2,1-3H3,(H,18,21)/t14-/m0/s1. The van der Waals surface area contributed by atoms with E-state index in [4.69, 9.17) is 0 Å². The van der Waals surface area contributed by atoms with Gasteiger partial charge >= 0.3 is 0 Å². The number of likely N-dealkylation sites (N-methyl/N-ethyl adjacent to an activating group) is 2. The van der Waals surface area contributed by atoms with Crippen molar-refractivity contribution in [3.05, 3.63) is 23.8 Å². The molecule has 1 aliphatic heterocycles. The molecule has 0 saturated carbocycles. The summed E-state index contributed by atoms with van der Waals surface area (Å²) in [4.78, 5) is 27.5. The van der Waals surface area contributed by atoms with Gasteiger partial charge in [0.05, 0.1) is 5.56 Å². The average molecular weight is 319 g/mol. The summed E-state index contributed by atoms with van der Waals surface area (Å²) in [6.45, 7) is 3.09. The number of carbonyl (C=O) groups excluding carboxylic acids is 2. The average Bonchev–Trinajstić information content (AvgIpc) is 2.48. The lowest BCUT2D eigenvalue weighted by molar-refractivity contribution is -0.114. The summed E-state index contributed by atoms with van der Waals surface area (Å²) in [7, 11) is 3.84. The third-order valence-electron chi connectivity index (χ3n) is 4.30. The Morgan fingerprint density at radius 1 is 1.39 bits per heavy atom. The highest BCUT2D eigenvalue weighted by Gasteiger charge is 2.24. The van der Waals surface area contributed by atoms with Crippen molar-refractivity contribution in [2.75, 3.05) is 32.5 Å². The van der Waals surface area contributed by atoms with Crippen LogP contribution in [0.1, 0.15) is 36.5 Å². The molecule has 0 aliphatic carbocycles. The summed E-state index contributed by atoms with van der Waals surface area (Å²) >= 11 is 0. The number of carbonyl (C=O) groups is 2. The SMILES string of the molecule is CC(=O)Nc1ccc(C(=O)N(C)C[C@@H]2CCCCN2C)c(O)c1. The molecule has 1 aromatic rings. The number of benzene rings is 1. The van der Waals surface area contributed by atoms with Crippen molar-refractivity contribution in [2.45, 2.75) is 32.2 Å². The lowest BCUT2D eigenvalue weighted by Crippen LogP contribution is -2.45. The molecule has 2 rings (SSSR count). The van der Waals surface area contributed by atoms with Gasteiger partial charge in [0.1, 0.15) is 5.75 Å². The maximum absolute atomic E-state index is 12.5. The number of rotatable bonds is 4. The van der Waals surface area contributed by atoms with Crippen LogP contribution in [0.3, 0.4) is 0 Å². The lowest BCUT2D eigenvalue weighted by atomic mass is 10.0. The van der Waals surface area contributed by atoms with Gasteiger partial charge in [-0.05, 0) is 38.6 Å². The van der Waals surface area contributed by atoms with Crippen LogP contribution in [0.25, 0.3) is 0 Å². The van der Waals surface area contributed by atoms with Gasteiger partial charge in [0.2, 0.25) is 5.91 Å². The van der Waals surface area contributed by atoms with Crippen LogP contribution in [0.4, 0.5) is 5.69 Å². The minimum Gasteiger partial charge on any atom is -0.507 e. The molecule has 1 aliphatic rings. The van der Waals surface area contributed by atoms with Gasteiger partial charge in [-0.2, -0.15) is 0 Å². The molecule has 0 aromatic heterocycles. The molecule has 1 atom stereocenters. The van der Waals surface area contributed by atoms with Crippen LogP contribution < -0.4 is 5.32 Å². The first-order valence-corrected chi connectivity index (χ1v) is 7.95. The van der Waals surface area contributed by atoms with E-state index in [1.807, 2.05) is 0 Å². The fourth-order valence-electron chi connectivity index (χ4n) is 2.97. The summed E-state index contributed by atoms with van der Waals surface area (Å²) in [5.74, 6) is -0.554. The van der Waals surface area contributed by atoms with Crippen molar-refractivity contribution >= 4 is 17.5 Å². The third kappa shape index (κ3) is 4.45. The minimum atomic E-state index is -0.221. The molecule has 126 valence electrons. The van der Waals surface area contributed by atoms with Crippen LogP contribution in [0.5, 0.6) is 5.75 Å². The Morgan fingerprint density at radius 2 is 2.13 bits per heavy atom. The number of aromatic hydroxyl groups is 1. The van der Waals surface area contributed by atoms with E-state index in [1.165, 1.54) is 25.8 Å². The molecule has 0 bridgehead atoms. The van der Waals surface area contributed by atoms with E-state index in [1.54, 1.807) is 24.1 Å². The van der Waals surface area contributed by atoms with Crippen molar-refractivity contribution in [3.8, 4) is 5.75 Å². The second-order valence-corrected chi connectivity index (χ2v) is 6.23. The second-order valence-electron chi connectivity index (χ2n) is 6.23. The first-order chi connectivity index (χ1) is 10.9. The number of phenols is 1. The van der Waals surface area contributed by atoms with Crippen molar-refractivity contribution < 1.29 is 14.7 Å². The molecule has 1 aromatic carbocycles. The van der Waals surface area contributed by atoms with Crippen molar-refractivity contribution in [3.63, 3.8) is 0 Å². The number of piperidine rings is 1. The van der Waals surface area contributed by atoms with E-state index in [9.17, 15) is 14.7 Å². The molecule has 2 amide bonds. The van der Waals surface area contributed by atoms with Crippen LogP contribution in [0.15, 0.2) is 18.2 Å². The Morgan fingerprint density at radius 3 is 2.74 bits per heavy atom. The van der Waals surface area contributed by atoms with E-state index in [2.05, 4.69) is 17.3 Å². The smallest absolute Gasteiger partial charge is 0.257 e. The molecule has 1 heterocycles. The summed E-state index contributed by atoms with van der Waals surface area (Å²) < 4.78 is 0. The number of phenolic OH excluding ortho intramolecular Hbond substituents is 1. The Balaban J connectivity index is 2.05. The largest absolute Gasteiger partial charge is 0.507 e. The molecule has 1 saturated heterocycles. The molecule has 1 fully saturated rings. The van der Waals surface area contributed by atoms with E-state index in [0.717, 1.165) is 13.0 Å². The molecular weight excluding hydrogens is 294 g/mol. The Hall–Kier alpha value is -2.08. The number of hydrogen-bond acceptors (Lipinski definition) is 4.